The molecule has 0 aliphatic rings. The molecule has 0 aliphatic heterocycles. The minimum atomic E-state index is -1.17. The van der Waals surface area contributed by atoms with Gasteiger partial charge in [0.05, 0.1) is 0 Å². The van der Waals surface area contributed by atoms with Crippen LogP contribution in [-0.4, -0.2) is 22.0 Å². The van der Waals surface area contributed by atoms with E-state index >= 15 is 0 Å². The van der Waals surface area contributed by atoms with Gasteiger partial charge in [-0.2, -0.15) is 0 Å². The number of hydrogen-bond donors (Lipinski definition) is 1. The standard InChI is InChI=1S/C6H5N3O3/c7-6(11)12-5(10)4-8-2-1-3-9-4/h1-3H,(H2,7,11). The molecule has 0 saturated carbocycles. The third-order valence-electron chi connectivity index (χ3n) is 0.942. The lowest BCUT2D eigenvalue weighted by Crippen LogP contribution is -2.19. The van der Waals surface area contributed by atoms with E-state index < -0.39 is 12.1 Å². The van der Waals surface area contributed by atoms with Crippen molar-refractivity contribution >= 4 is 12.1 Å². The molecule has 0 aromatic carbocycles. The van der Waals surface area contributed by atoms with Gasteiger partial charge in [0.25, 0.3) is 0 Å². The second-order valence-electron chi connectivity index (χ2n) is 1.78. The lowest BCUT2D eigenvalue weighted by Gasteiger charge is -1.95. The van der Waals surface area contributed by atoms with Crippen LogP contribution in [-0.2, 0) is 4.74 Å². The van der Waals surface area contributed by atoms with Crippen LogP contribution in [0.25, 0.3) is 0 Å². The van der Waals surface area contributed by atoms with Crippen LogP contribution in [0.1, 0.15) is 10.6 Å². The maximum absolute atomic E-state index is 10.8. The highest BCUT2D eigenvalue weighted by Crippen LogP contribution is 1.90. The largest absolute Gasteiger partial charge is 0.412 e. The lowest BCUT2D eigenvalue weighted by molar-refractivity contribution is 0.0625. The Morgan fingerprint density at radius 1 is 1.33 bits per heavy atom. The summed E-state index contributed by atoms with van der Waals surface area (Å²) in [4.78, 5) is 28.0. The summed E-state index contributed by atoms with van der Waals surface area (Å²) in [5.74, 6) is -1.15. The molecule has 0 atom stereocenters. The fraction of sp³-hybridized carbons (Fsp3) is 0. The van der Waals surface area contributed by atoms with Gasteiger partial charge in [-0.05, 0) is 6.07 Å². The molecular formula is C6H5N3O3. The maximum atomic E-state index is 10.8. The SMILES string of the molecule is NC(=O)OC(=O)c1ncccn1. The number of ether oxygens (including phenoxy) is 1. The minimum Gasteiger partial charge on any atom is -0.370 e. The highest BCUT2D eigenvalue weighted by atomic mass is 16.6. The molecule has 12 heavy (non-hydrogen) atoms. The first kappa shape index (κ1) is 8.12. The molecule has 0 fully saturated rings. The summed E-state index contributed by atoms with van der Waals surface area (Å²) in [7, 11) is 0. The first-order chi connectivity index (χ1) is 5.70. The van der Waals surface area contributed by atoms with Gasteiger partial charge in [0.2, 0.25) is 5.82 Å². The van der Waals surface area contributed by atoms with Crippen LogP contribution >= 0.6 is 0 Å². The minimum absolute atomic E-state index is 0.198. The van der Waals surface area contributed by atoms with Crippen LogP contribution < -0.4 is 5.73 Å². The summed E-state index contributed by atoms with van der Waals surface area (Å²) in [5.41, 5.74) is 4.59. The first-order valence-electron chi connectivity index (χ1n) is 2.99. The van der Waals surface area contributed by atoms with Gasteiger partial charge < -0.3 is 10.5 Å². The average molecular weight is 167 g/mol. The Balaban J connectivity index is 2.73. The molecule has 6 nitrogen and oxygen atoms in total. The lowest BCUT2D eigenvalue weighted by atomic mass is 10.5. The molecule has 0 unspecified atom stereocenters. The molecule has 0 bridgehead atoms. The quantitative estimate of drug-likeness (QED) is 0.458. The van der Waals surface area contributed by atoms with E-state index in [2.05, 4.69) is 20.4 Å². The van der Waals surface area contributed by atoms with Crippen molar-refractivity contribution < 1.29 is 14.3 Å². The van der Waals surface area contributed by atoms with Crippen molar-refractivity contribution in [3.8, 4) is 0 Å². The highest BCUT2D eigenvalue weighted by Gasteiger charge is 2.11. The number of carbonyl (C=O) groups is 2. The van der Waals surface area contributed by atoms with Crippen LogP contribution in [0.2, 0.25) is 0 Å². The van der Waals surface area contributed by atoms with E-state index in [4.69, 9.17) is 0 Å². The Labute approximate surface area is 67.4 Å². The summed E-state index contributed by atoms with van der Waals surface area (Å²) in [5, 5.41) is 0. The highest BCUT2D eigenvalue weighted by molar-refractivity contribution is 5.92. The summed E-state index contributed by atoms with van der Waals surface area (Å²) in [6.45, 7) is 0. The number of hydrogen-bond acceptors (Lipinski definition) is 5. The number of rotatable bonds is 1. The predicted molar refractivity (Wildman–Crippen MR) is 37.0 cm³/mol. The van der Waals surface area contributed by atoms with Crippen molar-refractivity contribution in [3.05, 3.63) is 24.3 Å². The molecule has 0 aliphatic carbocycles. The van der Waals surface area contributed by atoms with Crippen LogP contribution in [0, 0.1) is 0 Å². The van der Waals surface area contributed by atoms with E-state index in [-0.39, 0.29) is 5.82 Å². The van der Waals surface area contributed by atoms with E-state index in [9.17, 15) is 9.59 Å². The number of nitrogens with zero attached hydrogens (tertiary/aromatic N) is 2. The summed E-state index contributed by atoms with van der Waals surface area (Å²) in [6.07, 6.45) is 1.53. The van der Waals surface area contributed by atoms with Gasteiger partial charge in [-0.25, -0.2) is 19.6 Å². The first-order valence-corrected chi connectivity index (χ1v) is 2.99. The van der Waals surface area contributed by atoms with Crippen molar-refractivity contribution in [2.45, 2.75) is 0 Å². The third kappa shape index (κ3) is 2.01. The zero-order chi connectivity index (χ0) is 8.97. The number of primary amides is 1. The summed E-state index contributed by atoms with van der Waals surface area (Å²) < 4.78 is 4.01. The molecule has 1 aromatic heterocycles. The molecule has 6 heteroatoms. The van der Waals surface area contributed by atoms with E-state index in [0.29, 0.717) is 0 Å². The van der Waals surface area contributed by atoms with Crippen molar-refractivity contribution in [1.29, 1.82) is 0 Å². The monoisotopic (exact) mass is 167 g/mol. The second-order valence-corrected chi connectivity index (χ2v) is 1.78. The van der Waals surface area contributed by atoms with Crippen molar-refractivity contribution in [1.82, 2.24) is 9.97 Å². The van der Waals surface area contributed by atoms with Crippen LogP contribution in [0.3, 0.4) is 0 Å². The number of aromatic nitrogens is 2. The van der Waals surface area contributed by atoms with Gasteiger partial charge in [-0.15, -0.1) is 0 Å². The number of nitrogens with two attached hydrogens (primary N) is 1. The van der Waals surface area contributed by atoms with E-state index in [0.717, 1.165) is 0 Å². The average Bonchev–Trinajstić information content (AvgIpc) is 2.05. The second kappa shape index (κ2) is 3.42. The van der Waals surface area contributed by atoms with Crippen molar-refractivity contribution in [3.63, 3.8) is 0 Å². The molecule has 2 N–H and O–H groups in total. The zero-order valence-electron chi connectivity index (χ0n) is 5.93. The van der Waals surface area contributed by atoms with Gasteiger partial charge in [-0.3, -0.25) is 0 Å². The molecule has 1 rings (SSSR count). The molecule has 1 aromatic rings. The normalized spacial score (nSPS) is 9.00. The van der Waals surface area contributed by atoms with Gasteiger partial charge in [-0.1, -0.05) is 0 Å². The number of amides is 1. The Morgan fingerprint density at radius 2 is 1.92 bits per heavy atom. The Morgan fingerprint density at radius 3 is 2.42 bits per heavy atom. The topological polar surface area (TPSA) is 95.2 Å². The van der Waals surface area contributed by atoms with Crippen LogP contribution in [0.5, 0.6) is 0 Å². The Hall–Kier alpha value is -1.98. The van der Waals surface area contributed by atoms with Crippen molar-refractivity contribution in [2.75, 3.05) is 0 Å². The summed E-state index contributed by atoms with van der Waals surface area (Å²) in [6, 6.07) is 1.53. The van der Waals surface area contributed by atoms with Crippen LogP contribution in [0.15, 0.2) is 18.5 Å². The number of carbonyl (C=O) groups excluding carboxylic acids is 2. The van der Waals surface area contributed by atoms with Crippen LogP contribution in [0.4, 0.5) is 4.79 Å². The number of esters is 1. The molecule has 0 saturated heterocycles. The predicted octanol–water partition coefficient (Wildman–Crippen LogP) is -0.288. The smallest absolute Gasteiger partial charge is 0.370 e. The van der Waals surface area contributed by atoms with Gasteiger partial charge in [0.15, 0.2) is 0 Å². The van der Waals surface area contributed by atoms with Crippen molar-refractivity contribution in [2.24, 2.45) is 5.73 Å². The Kier molecular flexibility index (Phi) is 2.32. The third-order valence-corrected chi connectivity index (χ3v) is 0.942. The molecule has 1 amide bonds. The molecule has 1 heterocycles. The van der Waals surface area contributed by atoms with Gasteiger partial charge >= 0.3 is 12.1 Å². The molecule has 0 radical (unpaired) electrons. The summed E-state index contributed by atoms with van der Waals surface area (Å²) >= 11 is 0. The van der Waals surface area contributed by atoms with Gasteiger partial charge in [0, 0.05) is 12.4 Å². The van der Waals surface area contributed by atoms with E-state index in [1.54, 1.807) is 0 Å². The fourth-order valence-electron chi connectivity index (χ4n) is 0.542. The molecule has 0 spiro atoms. The fourth-order valence-corrected chi connectivity index (χ4v) is 0.542. The Bertz CT molecular complexity index is 298. The maximum Gasteiger partial charge on any atom is 0.412 e. The van der Waals surface area contributed by atoms with Gasteiger partial charge in [0.1, 0.15) is 0 Å². The molecular weight excluding hydrogens is 162 g/mol. The van der Waals surface area contributed by atoms with E-state index in [1.165, 1.54) is 18.5 Å². The van der Waals surface area contributed by atoms with E-state index in [1.807, 2.05) is 0 Å². The zero-order valence-corrected chi connectivity index (χ0v) is 5.93. The molecule has 62 valence electrons.